The summed E-state index contributed by atoms with van der Waals surface area (Å²) < 4.78 is 20.9. The van der Waals surface area contributed by atoms with E-state index in [1.807, 2.05) is 0 Å². The van der Waals surface area contributed by atoms with E-state index >= 15 is 0 Å². The molecule has 14 heteroatoms. The molecule has 31 heavy (non-hydrogen) atoms. The molecule has 6 N–H and O–H groups in total. The summed E-state index contributed by atoms with van der Waals surface area (Å²) in [5.74, 6) is -5.12. The lowest BCUT2D eigenvalue weighted by Crippen LogP contribution is -2.41. The quantitative estimate of drug-likeness (QED) is 0.212. The summed E-state index contributed by atoms with van der Waals surface area (Å²) in [6.07, 6.45) is -3.56. The molecule has 0 aliphatic rings. The van der Waals surface area contributed by atoms with Crippen LogP contribution in [0.4, 0.5) is 5.69 Å². The van der Waals surface area contributed by atoms with Crippen molar-refractivity contribution in [3.8, 4) is 0 Å². The van der Waals surface area contributed by atoms with Gasteiger partial charge in [-0.15, -0.1) is 0 Å². The van der Waals surface area contributed by atoms with Crippen molar-refractivity contribution in [1.82, 2.24) is 5.32 Å². The molecule has 3 atom stereocenters. The smallest absolute Gasteiger partial charge is 0.473 e. The molecule has 0 aliphatic heterocycles. The molecule has 1 aromatic rings. The first-order valence-corrected chi connectivity index (χ1v) is 10.4. The molecule has 0 aliphatic carbocycles. The second kappa shape index (κ2) is 12.0. The molecule has 0 spiro atoms. The second-order valence-corrected chi connectivity index (χ2v) is 7.55. The molecule has 0 aromatic heterocycles. The molecule has 1 aromatic carbocycles. The Morgan fingerprint density at radius 1 is 1.03 bits per heavy atom. The van der Waals surface area contributed by atoms with Crippen LogP contribution in [0.2, 0.25) is 0 Å². The Balaban J connectivity index is 2.64. The first-order valence-electron chi connectivity index (χ1n) is 8.87. The van der Waals surface area contributed by atoms with Gasteiger partial charge in [0.15, 0.2) is 6.10 Å². The highest BCUT2D eigenvalue weighted by Gasteiger charge is 2.32. The van der Waals surface area contributed by atoms with E-state index in [4.69, 9.17) is 10.2 Å². The number of hydrogen-bond acceptors (Lipinski definition) is 8. The molecule has 0 radical (unpaired) electrons. The number of phosphoric ester groups is 1. The lowest BCUT2D eigenvalue weighted by atomic mass is 10.1. The van der Waals surface area contributed by atoms with Gasteiger partial charge in [0.2, 0.25) is 0 Å². The minimum atomic E-state index is -4.94. The first kappa shape index (κ1) is 26.0. The summed E-state index contributed by atoms with van der Waals surface area (Å²) in [7, 11) is -3.25. The molecular weight excluding hydrogens is 439 g/mol. The SMILES string of the molecule is CNc1ccc(C(=O)NC(CCOP(=O)(O)OC(CCC(=O)O)C(=O)O)C(=O)O)cc1. The number of nitrogens with one attached hydrogen (secondary N) is 2. The summed E-state index contributed by atoms with van der Waals surface area (Å²) in [6.45, 7) is -0.672. The fourth-order valence-electron chi connectivity index (χ4n) is 2.24. The lowest BCUT2D eigenvalue weighted by molar-refractivity contribution is -0.147. The number of benzene rings is 1. The van der Waals surface area contributed by atoms with Crippen molar-refractivity contribution in [2.75, 3.05) is 19.0 Å². The molecule has 3 unspecified atom stereocenters. The van der Waals surface area contributed by atoms with Crippen LogP contribution in [0.25, 0.3) is 0 Å². The Hall–Kier alpha value is -2.99. The number of carbonyl (C=O) groups is 4. The van der Waals surface area contributed by atoms with Crippen molar-refractivity contribution in [2.24, 2.45) is 0 Å². The van der Waals surface area contributed by atoms with Crippen molar-refractivity contribution >= 4 is 37.3 Å². The number of amides is 1. The highest BCUT2D eigenvalue weighted by molar-refractivity contribution is 7.47. The highest BCUT2D eigenvalue weighted by atomic mass is 31.2. The van der Waals surface area contributed by atoms with Crippen LogP contribution in [0.15, 0.2) is 24.3 Å². The molecule has 0 fully saturated rings. The Bertz CT molecular complexity index is 843. The summed E-state index contributed by atoms with van der Waals surface area (Å²) in [4.78, 5) is 54.7. The van der Waals surface area contributed by atoms with Gasteiger partial charge in [0.05, 0.1) is 6.61 Å². The van der Waals surface area contributed by atoms with Gasteiger partial charge in [-0.1, -0.05) is 0 Å². The normalized spacial score (nSPS) is 14.6. The maximum atomic E-state index is 12.2. The van der Waals surface area contributed by atoms with Crippen LogP contribution in [-0.2, 0) is 28.0 Å². The van der Waals surface area contributed by atoms with Gasteiger partial charge in [-0.25, -0.2) is 14.2 Å². The van der Waals surface area contributed by atoms with Crippen LogP contribution in [0, 0.1) is 0 Å². The fraction of sp³-hybridized carbons (Fsp3) is 0.412. The number of aliphatic carboxylic acids is 3. The second-order valence-electron chi connectivity index (χ2n) is 6.15. The van der Waals surface area contributed by atoms with E-state index < -0.39 is 69.7 Å². The van der Waals surface area contributed by atoms with E-state index in [1.54, 1.807) is 19.2 Å². The van der Waals surface area contributed by atoms with Crippen molar-refractivity contribution in [3.63, 3.8) is 0 Å². The topological polar surface area (TPSA) is 209 Å². The van der Waals surface area contributed by atoms with Gasteiger partial charge in [-0.2, -0.15) is 0 Å². The standard InChI is InChI=1S/C17H23N2O11P/c1-18-11-4-2-10(3-5-11)15(22)19-12(16(23)24)8-9-29-31(27,28)30-13(17(25)26)6-7-14(20)21/h2-5,12-13,18H,6-9H2,1H3,(H,19,22)(H,20,21)(H,23,24)(H,25,26)(H,27,28). The maximum Gasteiger partial charge on any atom is 0.473 e. The lowest BCUT2D eigenvalue weighted by Gasteiger charge is -2.19. The number of rotatable bonds is 14. The Morgan fingerprint density at radius 3 is 2.13 bits per heavy atom. The van der Waals surface area contributed by atoms with Crippen LogP contribution in [0.3, 0.4) is 0 Å². The van der Waals surface area contributed by atoms with Crippen LogP contribution < -0.4 is 10.6 Å². The number of carbonyl (C=O) groups excluding carboxylic acids is 1. The predicted octanol–water partition coefficient (Wildman–Crippen LogP) is 0.753. The van der Waals surface area contributed by atoms with Crippen LogP contribution in [0.1, 0.15) is 29.6 Å². The number of carboxylic acids is 3. The van der Waals surface area contributed by atoms with Gasteiger partial charge in [0.25, 0.3) is 5.91 Å². The van der Waals surface area contributed by atoms with E-state index in [1.165, 1.54) is 12.1 Å². The Labute approximate surface area is 176 Å². The van der Waals surface area contributed by atoms with Crippen LogP contribution in [0.5, 0.6) is 0 Å². The highest BCUT2D eigenvalue weighted by Crippen LogP contribution is 2.45. The van der Waals surface area contributed by atoms with E-state index in [0.29, 0.717) is 0 Å². The van der Waals surface area contributed by atoms with E-state index in [-0.39, 0.29) is 5.56 Å². The summed E-state index contributed by atoms with van der Waals surface area (Å²) in [5.41, 5.74) is 0.923. The van der Waals surface area contributed by atoms with Crippen molar-refractivity contribution in [3.05, 3.63) is 29.8 Å². The number of hydrogen-bond donors (Lipinski definition) is 6. The van der Waals surface area contributed by atoms with Gasteiger partial charge < -0.3 is 30.8 Å². The summed E-state index contributed by atoms with van der Waals surface area (Å²) >= 11 is 0. The van der Waals surface area contributed by atoms with Gasteiger partial charge in [-0.05, 0) is 30.7 Å². The molecule has 172 valence electrons. The minimum absolute atomic E-state index is 0.185. The minimum Gasteiger partial charge on any atom is -0.481 e. The van der Waals surface area contributed by atoms with Gasteiger partial charge in [0, 0.05) is 31.1 Å². The Kier molecular flexibility index (Phi) is 10.1. The average Bonchev–Trinajstić information content (AvgIpc) is 2.69. The van der Waals surface area contributed by atoms with Crippen LogP contribution in [-0.4, -0.2) is 69.8 Å². The number of anilines is 1. The van der Waals surface area contributed by atoms with Crippen LogP contribution >= 0.6 is 7.82 Å². The Morgan fingerprint density at radius 2 is 1.65 bits per heavy atom. The zero-order valence-electron chi connectivity index (χ0n) is 16.4. The number of phosphoric acid groups is 1. The van der Waals surface area contributed by atoms with E-state index in [0.717, 1.165) is 5.69 Å². The zero-order valence-corrected chi connectivity index (χ0v) is 17.3. The van der Waals surface area contributed by atoms with E-state index in [9.17, 15) is 33.7 Å². The molecule has 1 rings (SSSR count). The first-order chi connectivity index (χ1) is 14.4. The van der Waals surface area contributed by atoms with Crippen molar-refractivity contribution < 1.29 is 53.0 Å². The third-order valence-electron chi connectivity index (χ3n) is 3.86. The number of carboxylic acid groups (broad SMARTS) is 3. The molecule has 13 nitrogen and oxygen atoms in total. The molecular formula is C17H23N2O11P. The third kappa shape index (κ3) is 9.57. The molecule has 0 heterocycles. The van der Waals surface area contributed by atoms with E-state index in [2.05, 4.69) is 19.7 Å². The molecule has 0 saturated heterocycles. The molecule has 1 amide bonds. The maximum absolute atomic E-state index is 12.2. The van der Waals surface area contributed by atoms with Crippen molar-refractivity contribution in [1.29, 1.82) is 0 Å². The average molecular weight is 462 g/mol. The summed E-state index contributed by atoms with van der Waals surface area (Å²) in [5, 5.41) is 31.9. The van der Waals surface area contributed by atoms with Gasteiger partial charge in [0.1, 0.15) is 6.04 Å². The van der Waals surface area contributed by atoms with Gasteiger partial charge in [-0.3, -0.25) is 18.6 Å². The van der Waals surface area contributed by atoms with Gasteiger partial charge >= 0.3 is 25.7 Å². The predicted molar refractivity (Wildman–Crippen MR) is 105 cm³/mol. The monoisotopic (exact) mass is 462 g/mol. The molecule has 0 bridgehead atoms. The molecule has 0 saturated carbocycles. The summed E-state index contributed by atoms with van der Waals surface area (Å²) in [6, 6.07) is 4.68. The third-order valence-corrected chi connectivity index (χ3v) is 4.89. The zero-order chi connectivity index (χ0) is 23.6. The largest absolute Gasteiger partial charge is 0.481 e. The van der Waals surface area contributed by atoms with Crippen molar-refractivity contribution in [2.45, 2.75) is 31.4 Å². The fourth-order valence-corrected chi connectivity index (χ4v) is 3.15.